The summed E-state index contributed by atoms with van der Waals surface area (Å²) in [6.07, 6.45) is 2.09. The molecule has 5 nitrogen and oxygen atoms in total. The van der Waals surface area contributed by atoms with Crippen LogP contribution in [0.2, 0.25) is 0 Å². The summed E-state index contributed by atoms with van der Waals surface area (Å²) in [6.45, 7) is 3.78. The van der Waals surface area contributed by atoms with Crippen LogP contribution in [0.15, 0.2) is 30.3 Å². The molecular formula is C16H22N4O. The summed E-state index contributed by atoms with van der Waals surface area (Å²) in [7, 11) is 0. The van der Waals surface area contributed by atoms with Crippen molar-refractivity contribution in [1.82, 2.24) is 9.88 Å². The van der Waals surface area contributed by atoms with Gasteiger partial charge in [0, 0.05) is 17.5 Å². The first kappa shape index (κ1) is 15.3. The molecule has 0 fully saturated rings. The molecule has 1 amide bonds. The van der Waals surface area contributed by atoms with Crippen LogP contribution in [0.25, 0.3) is 10.9 Å². The summed E-state index contributed by atoms with van der Waals surface area (Å²) in [5.41, 5.74) is 13.2. The van der Waals surface area contributed by atoms with Gasteiger partial charge in [0.25, 0.3) is 0 Å². The predicted octanol–water partition coefficient (Wildman–Crippen LogP) is 1.90. The Labute approximate surface area is 124 Å². The summed E-state index contributed by atoms with van der Waals surface area (Å²) in [5, 5.41) is 1.05. The average Bonchev–Trinajstić information content (AvgIpc) is 2.45. The summed E-state index contributed by atoms with van der Waals surface area (Å²) in [5.74, 6) is 0.193. The highest BCUT2D eigenvalue weighted by molar-refractivity contribution is 5.81. The quantitative estimate of drug-likeness (QED) is 0.814. The third-order valence-electron chi connectivity index (χ3n) is 3.44. The summed E-state index contributed by atoms with van der Waals surface area (Å²) in [4.78, 5) is 17.6. The van der Waals surface area contributed by atoms with Crippen molar-refractivity contribution in [3.05, 3.63) is 35.9 Å². The Bertz CT molecular complexity index is 627. The van der Waals surface area contributed by atoms with E-state index in [1.807, 2.05) is 35.2 Å². The molecule has 0 radical (unpaired) electrons. The number of unbranched alkanes of at least 4 members (excludes halogenated alkanes) is 1. The lowest BCUT2D eigenvalue weighted by Crippen LogP contribution is -2.34. The molecule has 0 saturated carbocycles. The molecule has 1 aromatic heterocycles. The van der Waals surface area contributed by atoms with E-state index in [0.29, 0.717) is 12.4 Å². The van der Waals surface area contributed by atoms with Gasteiger partial charge in [-0.2, -0.15) is 0 Å². The van der Waals surface area contributed by atoms with Crippen molar-refractivity contribution < 1.29 is 4.79 Å². The number of nitrogen functional groups attached to an aromatic ring is 1. The number of carbonyl (C=O) groups excluding carboxylic acids is 1. The number of hydrogen-bond donors (Lipinski definition) is 2. The van der Waals surface area contributed by atoms with Gasteiger partial charge in [-0.15, -0.1) is 0 Å². The van der Waals surface area contributed by atoms with E-state index in [1.54, 1.807) is 0 Å². The molecule has 1 heterocycles. The largest absolute Gasteiger partial charge is 0.383 e. The van der Waals surface area contributed by atoms with Gasteiger partial charge in [0.1, 0.15) is 5.82 Å². The fraction of sp³-hybridized carbons (Fsp3) is 0.375. The molecule has 2 rings (SSSR count). The molecule has 0 unspecified atom stereocenters. The minimum atomic E-state index is -0.321. The van der Waals surface area contributed by atoms with Gasteiger partial charge in [-0.1, -0.05) is 31.5 Å². The third-order valence-corrected chi connectivity index (χ3v) is 3.44. The van der Waals surface area contributed by atoms with Crippen molar-refractivity contribution in [2.24, 2.45) is 5.73 Å². The lowest BCUT2D eigenvalue weighted by molar-refractivity contribution is -0.119. The highest BCUT2D eigenvalue weighted by Gasteiger charge is 2.12. The maximum absolute atomic E-state index is 11.2. The van der Waals surface area contributed by atoms with E-state index in [0.717, 1.165) is 35.9 Å². The second kappa shape index (κ2) is 7.04. The molecule has 0 spiro atoms. The maximum atomic E-state index is 11.2. The van der Waals surface area contributed by atoms with Crippen LogP contribution in [0.1, 0.15) is 25.3 Å². The van der Waals surface area contributed by atoms with Crippen molar-refractivity contribution in [3.8, 4) is 0 Å². The molecule has 112 valence electrons. The Hall–Kier alpha value is -2.14. The van der Waals surface area contributed by atoms with Gasteiger partial charge in [-0.3, -0.25) is 9.69 Å². The van der Waals surface area contributed by atoms with Gasteiger partial charge in [0.15, 0.2) is 0 Å². The van der Waals surface area contributed by atoms with E-state index < -0.39 is 0 Å². The molecule has 0 atom stereocenters. The van der Waals surface area contributed by atoms with Crippen LogP contribution in [-0.4, -0.2) is 28.9 Å². The van der Waals surface area contributed by atoms with Gasteiger partial charge in [0.05, 0.1) is 12.1 Å². The Balaban J connectivity index is 2.22. The van der Waals surface area contributed by atoms with Crippen LogP contribution < -0.4 is 11.5 Å². The first-order chi connectivity index (χ1) is 10.1. The van der Waals surface area contributed by atoms with Crippen LogP contribution in [0.3, 0.4) is 0 Å². The summed E-state index contributed by atoms with van der Waals surface area (Å²) in [6, 6.07) is 9.90. The average molecular weight is 286 g/mol. The molecule has 0 bridgehead atoms. The number of primary amides is 1. The van der Waals surface area contributed by atoms with Crippen LogP contribution in [0, 0.1) is 0 Å². The molecule has 5 heteroatoms. The first-order valence-corrected chi connectivity index (χ1v) is 7.25. The van der Waals surface area contributed by atoms with Crippen LogP contribution in [0.4, 0.5) is 5.82 Å². The molecule has 21 heavy (non-hydrogen) atoms. The van der Waals surface area contributed by atoms with Crippen molar-refractivity contribution >= 4 is 22.6 Å². The molecule has 0 aliphatic carbocycles. The monoisotopic (exact) mass is 286 g/mol. The normalized spacial score (nSPS) is 11.1. The zero-order valence-electron chi connectivity index (χ0n) is 12.4. The van der Waals surface area contributed by atoms with Gasteiger partial charge < -0.3 is 11.5 Å². The Kier molecular flexibility index (Phi) is 5.11. The van der Waals surface area contributed by atoms with E-state index in [2.05, 4.69) is 11.9 Å². The standard InChI is InChI=1S/C16H22N4O/c1-2-3-8-20(11-15(17)21)10-13-9-12-6-4-5-7-14(12)19-16(13)18/h4-7,9H,2-3,8,10-11H2,1H3,(H2,17,21)(H2,18,19). The number of nitrogens with zero attached hydrogens (tertiary/aromatic N) is 2. The highest BCUT2D eigenvalue weighted by atomic mass is 16.1. The van der Waals surface area contributed by atoms with Crippen molar-refractivity contribution in [2.75, 3.05) is 18.8 Å². The second-order valence-electron chi connectivity index (χ2n) is 5.26. The van der Waals surface area contributed by atoms with Crippen molar-refractivity contribution in [1.29, 1.82) is 0 Å². The van der Waals surface area contributed by atoms with E-state index in [1.165, 1.54) is 0 Å². The second-order valence-corrected chi connectivity index (χ2v) is 5.26. The van der Waals surface area contributed by atoms with E-state index in [-0.39, 0.29) is 12.5 Å². The number of aromatic nitrogens is 1. The number of rotatable bonds is 7. The minimum Gasteiger partial charge on any atom is -0.383 e. The molecular weight excluding hydrogens is 264 g/mol. The molecule has 0 aliphatic heterocycles. The fourth-order valence-corrected chi connectivity index (χ4v) is 2.36. The van der Waals surface area contributed by atoms with Crippen LogP contribution >= 0.6 is 0 Å². The lowest BCUT2D eigenvalue weighted by Gasteiger charge is -2.21. The minimum absolute atomic E-state index is 0.242. The van der Waals surface area contributed by atoms with E-state index in [9.17, 15) is 4.79 Å². The Morgan fingerprint density at radius 2 is 2.10 bits per heavy atom. The number of pyridine rings is 1. The zero-order valence-corrected chi connectivity index (χ0v) is 12.4. The number of fused-ring (bicyclic) bond motifs is 1. The van der Waals surface area contributed by atoms with E-state index in [4.69, 9.17) is 11.5 Å². The van der Waals surface area contributed by atoms with Crippen LogP contribution in [0.5, 0.6) is 0 Å². The predicted molar refractivity (Wildman–Crippen MR) is 85.5 cm³/mol. The van der Waals surface area contributed by atoms with Crippen molar-refractivity contribution in [3.63, 3.8) is 0 Å². The van der Waals surface area contributed by atoms with Crippen molar-refractivity contribution in [2.45, 2.75) is 26.3 Å². The summed E-state index contributed by atoms with van der Waals surface area (Å²) < 4.78 is 0. The summed E-state index contributed by atoms with van der Waals surface area (Å²) >= 11 is 0. The zero-order chi connectivity index (χ0) is 15.2. The lowest BCUT2D eigenvalue weighted by atomic mass is 10.1. The van der Waals surface area contributed by atoms with Gasteiger partial charge >= 0.3 is 0 Å². The number of carbonyl (C=O) groups is 1. The molecule has 0 saturated heterocycles. The fourth-order valence-electron chi connectivity index (χ4n) is 2.36. The molecule has 1 aromatic carbocycles. The van der Waals surface area contributed by atoms with Gasteiger partial charge in [-0.05, 0) is 25.1 Å². The first-order valence-electron chi connectivity index (χ1n) is 7.25. The third kappa shape index (κ3) is 4.16. The van der Waals surface area contributed by atoms with Crippen LogP contribution in [-0.2, 0) is 11.3 Å². The number of anilines is 1. The number of benzene rings is 1. The number of hydrogen-bond acceptors (Lipinski definition) is 4. The topological polar surface area (TPSA) is 85.2 Å². The molecule has 2 aromatic rings. The van der Waals surface area contributed by atoms with Gasteiger partial charge in [0.2, 0.25) is 5.91 Å². The highest BCUT2D eigenvalue weighted by Crippen LogP contribution is 2.19. The number of para-hydroxylation sites is 1. The number of nitrogens with two attached hydrogens (primary N) is 2. The SMILES string of the molecule is CCCCN(CC(N)=O)Cc1cc2ccccc2nc1N. The molecule has 0 aliphatic rings. The Morgan fingerprint density at radius 1 is 1.33 bits per heavy atom. The Morgan fingerprint density at radius 3 is 2.81 bits per heavy atom. The van der Waals surface area contributed by atoms with E-state index >= 15 is 0 Å². The molecule has 4 N–H and O–H groups in total. The maximum Gasteiger partial charge on any atom is 0.231 e. The number of amides is 1. The van der Waals surface area contributed by atoms with Gasteiger partial charge in [-0.25, -0.2) is 4.98 Å². The smallest absolute Gasteiger partial charge is 0.231 e.